The van der Waals surface area contributed by atoms with Crippen LogP contribution in [0.25, 0.3) is 5.57 Å². The van der Waals surface area contributed by atoms with Crippen LogP contribution >= 0.6 is 0 Å². The molecule has 1 aromatic carbocycles. The topological polar surface area (TPSA) is 97.2 Å². The van der Waals surface area contributed by atoms with Crippen molar-refractivity contribution in [2.45, 2.75) is 19.5 Å². The van der Waals surface area contributed by atoms with E-state index in [9.17, 15) is 23.2 Å². The Balaban J connectivity index is 1.39. The van der Waals surface area contributed by atoms with Crippen LogP contribution in [0.3, 0.4) is 0 Å². The number of carbonyl (C=O) groups is 2. The summed E-state index contributed by atoms with van der Waals surface area (Å²) in [5.41, 5.74) is 3.92. The van der Waals surface area contributed by atoms with E-state index in [1.807, 2.05) is 18.2 Å². The minimum Gasteiger partial charge on any atom is -0.346 e. The molecule has 202 valence electrons. The van der Waals surface area contributed by atoms with Crippen molar-refractivity contribution in [3.8, 4) is 0 Å². The molecule has 3 aromatic heterocycles. The summed E-state index contributed by atoms with van der Waals surface area (Å²) in [4.78, 5) is 49.1. The number of hydrogen-bond acceptors (Lipinski definition) is 5. The van der Waals surface area contributed by atoms with Gasteiger partial charge in [0, 0.05) is 38.5 Å². The van der Waals surface area contributed by atoms with Gasteiger partial charge in [0.15, 0.2) is 11.6 Å². The maximum Gasteiger partial charge on any atom is 0.271 e. The second-order valence-electron chi connectivity index (χ2n) is 9.54. The summed E-state index contributed by atoms with van der Waals surface area (Å²) in [5, 5.41) is 2.72. The summed E-state index contributed by atoms with van der Waals surface area (Å²) in [6.45, 7) is -0.0761. The molecule has 5 rings (SSSR count). The maximum atomic E-state index is 13.6. The highest BCUT2D eigenvalue weighted by molar-refractivity contribution is 5.95. The van der Waals surface area contributed by atoms with E-state index in [0.717, 1.165) is 34.5 Å². The number of aromatic nitrogens is 3. The zero-order valence-electron chi connectivity index (χ0n) is 21.8. The first-order valence-corrected chi connectivity index (χ1v) is 12.5. The Morgan fingerprint density at radius 1 is 1.05 bits per heavy atom. The number of halogens is 2. The molecule has 0 aliphatic heterocycles. The first-order chi connectivity index (χ1) is 19.2. The van der Waals surface area contributed by atoms with E-state index in [4.69, 9.17) is 0 Å². The molecule has 0 atom stereocenters. The van der Waals surface area contributed by atoms with Gasteiger partial charge in [0.25, 0.3) is 17.4 Å². The predicted molar refractivity (Wildman–Crippen MR) is 145 cm³/mol. The average molecular weight is 542 g/mol. The molecule has 1 aliphatic rings. The van der Waals surface area contributed by atoms with E-state index in [-0.39, 0.29) is 30.3 Å². The van der Waals surface area contributed by atoms with Gasteiger partial charge < -0.3 is 14.8 Å². The number of nitrogens with zero attached hydrogens (tertiary/aromatic N) is 4. The van der Waals surface area contributed by atoms with Crippen molar-refractivity contribution in [2.24, 2.45) is 0 Å². The molecule has 0 radical (unpaired) electrons. The minimum absolute atomic E-state index is 0.0366. The molecule has 3 heterocycles. The fourth-order valence-corrected chi connectivity index (χ4v) is 4.54. The molecule has 1 N–H and O–H groups in total. The molecule has 0 saturated heterocycles. The number of rotatable bonds is 7. The smallest absolute Gasteiger partial charge is 0.271 e. The van der Waals surface area contributed by atoms with Crippen LogP contribution in [-0.4, -0.2) is 45.3 Å². The van der Waals surface area contributed by atoms with Crippen LogP contribution in [0, 0.1) is 11.6 Å². The van der Waals surface area contributed by atoms with Gasteiger partial charge in [0.05, 0.1) is 24.5 Å². The number of hydrogen-bond donors (Lipinski definition) is 1. The molecule has 10 heteroatoms. The van der Waals surface area contributed by atoms with Crippen molar-refractivity contribution in [3.63, 3.8) is 0 Å². The summed E-state index contributed by atoms with van der Waals surface area (Å²) in [5.74, 6) is -2.92. The Kier molecular flexibility index (Phi) is 7.33. The van der Waals surface area contributed by atoms with Gasteiger partial charge in [-0.2, -0.15) is 0 Å². The van der Waals surface area contributed by atoms with Gasteiger partial charge in [0.1, 0.15) is 11.3 Å². The van der Waals surface area contributed by atoms with E-state index in [2.05, 4.69) is 15.3 Å². The number of carbonyl (C=O) groups excluding carboxylic acids is 2. The Labute approximate surface area is 228 Å². The molecular weight excluding hydrogens is 516 g/mol. The Hall–Kier alpha value is -4.99. The third-order valence-electron chi connectivity index (χ3n) is 6.53. The van der Waals surface area contributed by atoms with Crippen LogP contribution < -0.4 is 10.9 Å². The third-order valence-corrected chi connectivity index (χ3v) is 6.53. The monoisotopic (exact) mass is 541 g/mol. The summed E-state index contributed by atoms with van der Waals surface area (Å²) in [7, 11) is 3.26. The molecule has 4 aromatic rings. The quantitative estimate of drug-likeness (QED) is 0.386. The van der Waals surface area contributed by atoms with Crippen molar-refractivity contribution < 1.29 is 18.4 Å². The number of pyridine rings is 3. The van der Waals surface area contributed by atoms with Crippen molar-refractivity contribution in [1.29, 1.82) is 0 Å². The van der Waals surface area contributed by atoms with Crippen LogP contribution in [0.4, 0.5) is 8.78 Å². The molecule has 0 fully saturated rings. The van der Waals surface area contributed by atoms with Crippen LogP contribution in [0.2, 0.25) is 0 Å². The predicted octanol–water partition coefficient (Wildman–Crippen LogP) is 3.58. The minimum atomic E-state index is -1.02. The fraction of sp³-hybridized carbons (Fsp3) is 0.167. The largest absolute Gasteiger partial charge is 0.346 e. The lowest BCUT2D eigenvalue weighted by Crippen LogP contribution is -2.33. The van der Waals surface area contributed by atoms with E-state index >= 15 is 0 Å². The highest BCUT2D eigenvalue weighted by atomic mass is 19.2. The van der Waals surface area contributed by atoms with Crippen molar-refractivity contribution in [1.82, 2.24) is 24.8 Å². The fourth-order valence-electron chi connectivity index (χ4n) is 4.54. The zero-order chi connectivity index (χ0) is 28.4. The van der Waals surface area contributed by atoms with Gasteiger partial charge in [-0.25, -0.2) is 13.8 Å². The van der Waals surface area contributed by atoms with Gasteiger partial charge in [-0.3, -0.25) is 19.4 Å². The molecule has 0 unspecified atom stereocenters. The summed E-state index contributed by atoms with van der Waals surface area (Å²) in [6, 6.07) is 13.6. The normalized spacial score (nSPS) is 12.1. The Bertz CT molecular complexity index is 1730. The summed E-state index contributed by atoms with van der Waals surface area (Å²) < 4.78 is 28.1. The molecule has 0 bridgehead atoms. The van der Waals surface area contributed by atoms with Gasteiger partial charge in [0.2, 0.25) is 0 Å². The summed E-state index contributed by atoms with van der Waals surface area (Å²) >= 11 is 0. The molecular formula is C30H25F2N5O3. The van der Waals surface area contributed by atoms with Crippen molar-refractivity contribution in [2.75, 3.05) is 14.1 Å². The van der Waals surface area contributed by atoms with E-state index < -0.39 is 23.1 Å². The number of benzene rings is 1. The van der Waals surface area contributed by atoms with Crippen LogP contribution in [0.1, 0.15) is 48.9 Å². The first kappa shape index (κ1) is 26.6. The lowest BCUT2D eigenvalue weighted by molar-refractivity contribution is 0.0821. The van der Waals surface area contributed by atoms with Crippen molar-refractivity contribution >= 4 is 17.4 Å². The number of fused-ring (bicyclic) bond motifs is 1. The second kappa shape index (κ2) is 11.0. The number of amides is 2. The third kappa shape index (κ3) is 5.42. The van der Waals surface area contributed by atoms with Gasteiger partial charge in [-0.05, 0) is 59.2 Å². The van der Waals surface area contributed by atoms with Gasteiger partial charge in [-0.15, -0.1) is 0 Å². The SMILES string of the molecule is CN(C)C(=O)c1cc(C2=CCc3ncccc32)cc(CNC(=O)c2cccn(Cc3ccc(F)c(F)c3)c2=O)n1. The zero-order valence-corrected chi connectivity index (χ0v) is 21.8. The lowest BCUT2D eigenvalue weighted by Gasteiger charge is -2.14. The number of allylic oxidation sites excluding steroid dienone is 1. The van der Waals surface area contributed by atoms with Crippen LogP contribution in [0.15, 0.2) is 77.9 Å². The standard InChI is InChI=1S/C30H25F2N5O3/c1-36(2)30(40)27-15-19(21-8-10-26-22(21)5-3-11-33-26)14-20(35-27)16-34-28(38)23-6-4-12-37(29(23)39)17-18-7-9-24(31)25(32)13-18/h3-9,11-15H,10,16-17H2,1-2H3,(H,34,38). The van der Waals surface area contributed by atoms with Gasteiger partial charge in [-0.1, -0.05) is 18.2 Å². The molecule has 2 amide bonds. The Morgan fingerprint density at radius 3 is 2.65 bits per heavy atom. The average Bonchev–Trinajstić information content (AvgIpc) is 3.38. The van der Waals surface area contributed by atoms with E-state index in [0.29, 0.717) is 17.7 Å². The molecule has 40 heavy (non-hydrogen) atoms. The van der Waals surface area contributed by atoms with E-state index in [1.54, 1.807) is 32.4 Å². The Morgan fingerprint density at radius 2 is 1.88 bits per heavy atom. The molecule has 8 nitrogen and oxygen atoms in total. The number of nitrogens with one attached hydrogen (secondary N) is 1. The van der Waals surface area contributed by atoms with E-state index in [1.165, 1.54) is 33.9 Å². The highest BCUT2D eigenvalue weighted by Gasteiger charge is 2.21. The second-order valence-corrected chi connectivity index (χ2v) is 9.54. The molecule has 0 saturated carbocycles. The van der Waals surface area contributed by atoms with Crippen LogP contribution in [0.5, 0.6) is 0 Å². The summed E-state index contributed by atoms with van der Waals surface area (Å²) in [6.07, 6.45) is 5.91. The van der Waals surface area contributed by atoms with Gasteiger partial charge >= 0.3 is 0 Å². The van der Waals surface area contributed by atoms with Crippen molar-refractivity contribution in [3.05, 3.63) is 134 Å². The lowest BCUT2D eigenvalue weighted by atomic mass is 10.00. The molecule has 1 aliphatic carbocycles. The highest BCUT2D eigenvalue weighted by Crippen LogP contribution is 2.32. The maximum absolute atomic E-state index is 13.6. The first-order valence-electron chi connectivity index (χ1n) is 12.5. The van der Waals surface area contributed by atoms with Crippen LogP contribution in [-0.2, 0) is 19.5 Å². The molecule has 0 spiro atoms.